The molecule has 2 N–H and O–H groups in total. The first-order valence-electron chi connectivity index (χ1n) is 5.72. The Morgan fingerprint density at radius 1 is 1.28 bits per heavy atom. The van der Waals surface area contributed by atoms with Crippen molar-refractivity contribution in [1.29, 1.82) is 0 Å². The van der Waals surface area contributed by atoms with Gasteiger partial charge in [-0.15, -0.1) is 22.7 Å². The highest BCUT2D eigenvalue weighted by Gasteiger charge is 2.03. The molecule has 0 atom stereocenters. The van der Waals surface area contributed by atoms with E-state index in [1.807, 2.05) is 6.20 Å². The van der Waals surface area contributed by atoms with Crippen molar-refractivity contribution >= 4 is 22.7 Å². The van der Waals surface area contributed by atoms with E-state index < -0.39 is 0 Å². The number of imidazole rings is 1. The summed E-state index contributed by atoms with van der Waals surface area (Å²) in [4.78, 5) is 9.95. The van der Waals surface area contributed by atoms with E-state index in [0.29, 0.717) is 0 Å². The Bertz CT molecular complexity index is 582. The summed E-state index contributed by atoms with van der Waals surface area (Å²) in [6.07, 6.45) is 3.62. The van der Waals surface area contributed by atoms with E-state index in [1.165, 1.54) is 15.3 Å². The SMILES string of the molecule is c1csc(-c2csc(CNCc3ncc[nH]3)c2)c1. The van der Waals surface area contributed by atoms with Crippen molar-refractivity contribution in [1.82, 2.24) is 15.3 Å². The van der Waals surface area contributed by atoms with Gasteiger partial charge in [0.15, 0.2) is 0 Å². The summed E-state index contributed by atoms with van der Waals surface area (Å²) >= 11 is 3.58. The van der Waals surface area contributed by atoms with Crippen molar-refractivity contribution in [3.63, 3.8) is 0 Å². The molecule has 0 fully saturated rings. The molecule has 3 rings (SSSR count). The Kier molecular flexibility index (Phi) is 3.54. The van der Waals surface area contributed by atoms with Gasteiger partial charge in [-0.1, -0.05) is 6.07 Å². The van der Waals surface area contributed by atoms with Gasteiger partial charge >= 0.3 is 0 Å². The van der Waals surface area contributed by atoms with Gasteiger partial charge in [0.05, 0.1) is 6.54 Å². The van der Waals surface area contributed by atoms with E-state index >= 15 is 0 Å². The molecule has 3 heterocycles. The number of aromatic amines is 1. The molecule has 18 heavy (non-hydrogen) atoms. The molecule has 0 bridgehead atoms. The summed E-state index contributed by atoms with van der Waals surface area (Å²) in [5.74, 6) is 0.977. The van der Waals surface area contributed by atoms with Crippen LogP contribution in [0.1, 0.15) is 10.7 Å². The van der Waals surface area contributed by atoms with E-state index in [0.717, 1.165) is 18.9 Å². The highest BCUT2D eigenvalue weighted by molar-refractivity contribution is 7.14. The predicted molar refractivity (Wildman–Crippen MR) is 76.8 cm³/mol. The lowest BCUT2D eigenvalue weighted by atomic mass is 10.2. The second kappa shape index (κ2) is 5.48. The van der Waals surface area contributed by atoms with Crippen LogP contribution >= 0.6 is 22.7 Å². The fourth-order valence-corrected chi connectivity index (χ4v) is 3.39. The van der Waals surface area contributed by atoms with Crippen LogP contribution in [0, 0.1) is 0 Å². The zero-order chi connectivity index (χ0) is 12.2. The molecule has 0 aliphatic rings. The van der Waals surface area contributed by atoms with Gasteiger partial charge in [-0.05, 0) is 22.9 Å². The van der Waals surface area contributed by atoms with Crippen LogP contribution in [-0.2, 0) is 13.1 Å². The van der Waals surface area contributed by atoms with Crippen molar-refractivity contribution in [2.75, 3.05) is 0 Å². The lowest BCUT2D eigenvalue weighted by Gasteiger charge is -1.99. The fourth-order valence-electron chi connectivity index (χ4n) is 1.74. The van der Waals surface area contributed by atoms with Crippen LogP contribution in [0.15, 0.2) is 41.4 Å². The lowest BCUT2D eigenvalue weighted by molar-refractivity contribution is 0.675. The summed E-state index contributed by atoms with van der Waals surface area (Å²) in [6, 6.07) is 6.50. The highest BCUT2D eigenvalue weighted by Crippen LogP contribution is 2.29. The van der Waals surface area contributed by atoms with E-state index in [4.69, 9.17) is 0 Å². The fraction of sp³-hybridized carbons (Fsp3) is 0.154. The zero-order valence-corrected chi connectivity index (χ0v) is 11.4. The third-order valence-electron chi connectivity index (χ3n) is 2.61. The van der Waals surface area contributed by atoms with Crippen LogP contribution in [0.2, 0.25) is 0 Å². The number of aromatic nitrogens is 2. The van der Waals surface area contributed by atoms with Gasteiger partial charge < -0.3 is 10.3 Å². The molecule has 3 nitrogen and oxygen atoms in total. The summed E-state index contributed by atoms with van der Waals surface area (Å²) < 4.78 is 0. The Hall–Kier alpha value is -1.43. The molecule has 0 spiro atoms. The molecule has 3 aromatic rings. The van der Waals surface area contributed by atoms with Crippen LogP contribution in [0.4, 0.5) is 0 Å². The minimum atomic E-state index is 0.777. The maximum absolute atomic E-state index is 4.18. The lowest BCUT2D eigenvalue weighted by Crippen LogP contribution is -2.12. The molecule has 92 valence electrons. The topological polar surface area (TPSA) is 40.7 Å². The van der Waals surface area contributed by atoms with Gasteiger partial charge in [-0.2, -0.15) is 0 Å². The molecule has 3 aromatic heterocycles. The maximum atomic E-state index is 4.18. The number of thiophene rings is 2. The third kappa shape index (κ3) is 2.69. The number of rotatable bonds is 5. The Morgan fingerprint density at radius 3 is 3.06 bits per heavy atom. The molecule has 0 amide bonds. The number of H-pyrrole nitrogens is 1. The van der Waals surface area contributed by atoms with E-state index in [2.05, 4.69) is 44.2 Å². The van der Waals surface area contributed by atoms with Crippen molar-refractivity contribution in [2.24, 2.45) is 0 Å². The molecule has 0 unspecified atom stereocenters. The minimum Gasteiger partial charge on any atom is -0.348 e. The predicted octanol–water partition coefficient (Wildman–Crippen LogP) is 3.49. The van der Waals surface area contributed by atoms with Gasteiger partial charge in [0.1, 0.15) is 5.82 Å². The van der Waals surface area contributed by atoms with Gasteiger partial charge in [-0.25, -0.2) is 4.98 Å². The van der Waals surface area contributed by atoms with E-state index in [1.54, 1.807) is 28.9 Å². The molecule has 5 heteroatoms. The third-order valence-corrected chi connectivity index (χ3v) is 4.46. The molecule has 0 radical (unpaired) electrons. The van der Waals surface area contributed by atoms with Crippen LogP contribution in [-0.4, -0.2) is 9.97 Å². The Morgan fingerprint density at radius 2 is 2.28 bits per heavy atom. The van der Waals surface area contributed by atoms with Gasteiger partial charge in [0, 0.05) is 34.3 Å². The Labute approximate surface area is 114 Å². The first-order valence-corrected chi connectivity index (χ1v) is 7.48. The smallest absolute Gasteiger partial charge is 0.120 e. The first-order chi connectivity index (χ1) is 8.92. The van der Waals surface area contributed by atoms with Crippen LogP contribution < -0.4 is 5.32 Å². The van der Waals surface area contributed by atoms with Gasteiger partial charge in [-0.3, -0.25) is 0 Å². The van der Waals surface area contributed by atoms with Gasteiger partial charge in [0.2, 0.25) is 0 Å². The molecule has 0 saturated heterocycles. The molecule has 0 aliphatic heterocycles. The largest absolute Gasteiger partial charge is 0.348 e. The standard InChI is InChI=1S/C13H13N3S2/c1-2-12(17-5-1)10-6-11(18-9-10)7-14-8-13-15-3-4-16-13/h1-6,9,14H,7-8H2,(H,15,16). The molecular formula is C13H13N3S2. The molecule has 0 aliphatic carbocycles. The van der Waals surface area contributed by atoms with Crippen molar-refractivity contribution in [3.8, 4) is 10.4 Å². The summed E-state index contributed by atoms with van der Waals surface area (Å²) in [6.45, 7) is 1.66. The monoisotopic (exact) mass is 275 g/mol. The first kappa shape index (κ1) is 11.6. The average molecular weight is 275 g/mol. The molecule has 0 saturated carbocycles. The van der Waals surface area contributed by atoms with Crippen molar-refractivity contribution in [3.05, 3.63) is 52.1 Å². The summed E-state index contributed by atoms with van der Waals surface area (Å²) in [5.41, 5.74) is 1.32. The normalized spacial score (nSPS) is 10.9. The number of nitrogens with zero attached hydrogens (tertiary/aromatic N) is 1. The average Bonchev–Trinajstić information content (AvgIpc) is 3.12. The van der Waals surface area contributed by atoms with Crippen molar-refractivity contribution < 1.29 is 0 Å². The van der Waals surface area contributed by atoms with E-state index in [9.17, 15) is 0 Å². The molecule has 0 aromatic carbocycles. The number of hydrogen-bond acceptors (Lipinski definition) is 4. The minimum absolute atomic E-state index is 0.777. The van der Waals surface area contributed by atoms with Crippen molar-refractivity contribution in [2.45, 2.75) is 13.1 Å². The number of hydrogen-bond donors (Lipinski definition) is 2. The molecular weight excluding hydrogens is 262 g/mol. The quantitative estimate of drug-likeness (QED) is 0.748. The highest BCUT2D eigenvalue weighted by atomic mass is 32.1. The van der Waals surface area contributed by atoms with Gasteiger partial charge in [0.25, 0.3) is 0 Å². The van der Waals surface area contributed by atoms with Crippen LogP contribution in [0.3, 0.4) is 0 Å². The maximum Gasteiger partial charge on any atom is 0.120 e. The zero-order valence-electron chi connectivity index (χ0n) is 9.72. The second-order valence-electron chi connectivity index (χ2n) is 3.92. The number of nitrogens with one attached hydrogen (secondary N) is 2. The van der Waals surface area contributed by atoms with Crippen LogP contribution in [0.25, 0.3) is 10.4 Å². The summed E-state index contributed by atoms with van der Waals surface area (Å²) in [7, 11) is 0. The second-order valence-corrected chi connectivity index (χ2v) is 5.86. The summed E-state index contributed by atoms with van der Waals surface area (Å²) in [5, 5.41) is 7.71. The Balaban J connectivity index is 1.57. The van der Waals surface area contributed by atoms with Crippen LogP contribution in [0.5, 0.6) is 0 Å². The van der Waals surface area contributed by atoms with E-state index in [-0.39, 0.29) is 0 Å².